The van der Waals surface area contributed by atoms with Gasteiger partial charge in [-0.05, 0) is 67.6 Å². The largest absolute Gasteiger partial charge is 0.497 e. The summed E-state index contributed by atoms with van der Waals surface area (Å²) in [6.07, 6.45) is 0. The number of imidazole rings is 1. The number of H-pyrrole nitrogens is 1. The topological polar surface area (TPSA) is 47.1 Å². The number of rotatable bonds is 6. The minimum absolute atomic E-state index is 0.858. The van der Waals surface area contributed by atoms with Gasteiger partial charge >= 0.3 is 0 Å². The number of methoxy groups -OCH3 is 2. The summed E-state index contributed by atoms with van der Waals surface area (Å²) < 4.78 is 10.5. The van der Waals surface area contributed by atoms with Crippen LogP contribution in [0.1, 0.15) is 5.82 Å². The molecule has 0 aliphatic rings. The standard InChI is InChI=1S/C22H20N2O2S2/c1-14-23-21-19(27-17-8-4-15(25-2)5-9-17)12-13-20(22(21)24-14)28-18-10-6-16(26-3)7-11-18/h4-13H,1-3H3,(H,23,24). The van der Waals surface area contributed by atoms with Crippen LogP contribution in [0.4, 0.5) is 0 Å². The number of aromatic nitrogens is 2. The van der Waals surface area contributed by atoms with E-state index in [1.54, 1.807) is 37.7 Å². The predicted molar refractivity (Wildman–Crippen MR) is 115 cm³/mol. The van der Waals surface area contributed by atoms with E-state index in [4.69, 9.17) is 14.5 Å². The summed E-state index contributed by atoms with van der Waals surface area (Å²) in [5.41, 5.74) is 2.06. The Hall–Kier alpha value is -2.57. The van der Waals surface area contributed by atoms with Crippen molar-refractivity contribution in [2.45, 2.75) is 26.5 Å². The molecule has 0 saturated heterocycles. The third-order valence-electron chi connectivity index (χ3n) is 4.26. The first kappa shape index (κ1) is 18.8. The molecule has 0 saturated carbocycles. The van der Waals surface area contributed by atoms with Crippen molar-refractivity contribution in [3.8, 4) is 11.5 Å². The number of hydrogen-bond acceptors (Lipinski definition) is 5. The molecule has 0 aliphatic carbocycles. The highest BCUT2D eigenvalue weighted by atomic mass is 32.2. The minimum atomic E-state index is 0.858. The predicted octanol–water partition coefficient (Wildman–Crippen LogP) is 6.19. The van der Waals surface area contributed by atoms with Gasteiger partial charge in [-0.1, -0.05) is 23.5 Å². The van der Waals surface area contributed by atoms with E-state index < -0.39 is 0 Å². The Morgan fingerprint density at radius 1 is 0.714 bits per heavy atom. The fourth-order valence-corrected chi connectivity index (χ4v) is 4.69. The van der Waals surface area contributed by atoms with Gasteiger partial charge in [0, 0.05) is 19.6 Å². The highest BCUT2D eigenvalue weighted by molar-refractivity contribution is 8.00. The van der Waals surface area contributed by atoms with E-state index in [2.05, 4.69) is 41.4 Å². The zero-order valence-electron chi connectivity index (χ0n) is 15.9. The van der Waals surface area contributed by atoms with Gasteiger partial charge in [0.2, 0.25) is 0 Å². The van der Waals surface area contributed by atoms with Crippen molar-refractivity contribution in [3.05, 3.63) is 66.5 Å². The maximum absolute atomic E-state index is 5.24. The molecule has 4 nitrogen and oxygen atoms in total. The molecule has 0 atom stereocenters. The monoisotopic (exact) mass is 408 g/mol. The average molecular weight is 409 g/mol. The molecule has 0 unspecified atom stereocenters. The van der Waals surface area contributed by atoms with Crippen molar-refractivity contribution in [2.24, 2.45) is 0 Å². The van der Waals surface area contributed by atoms with Crippen LogP contribution in [0.2, 0.25) is 0 Å². The van der Waals surface area contributed by atoms with Crippen molar-refractivity contribution in [1.82, 2.24) is 9.97 Å². The normalized spacial score (nSPS) is 11.0. The molecule has 0 bridgehead atoms. The molecular formula is C22H20N2O2S2. The number of nitrogens with one attached hydrogen (secondary N) is 1. The molecular weight excluding hydrogens is 388 g/mol. The maximum Gasteiger partial charge on any atom is 0.118 e. The highest BCUT2D eigenvalue weighted by Crippen LogP contribution is 2.39. The Bertz CT molecular complexity index is 1000. The molecule has 0 fully saturated rings. The van der Waals surface area contributed by atoms with Crippen LogP contribution < -0.4 is 9.47 Å². The van der Waals surface area contributed by atoms with E-state index in [0.29, 0.717) is 0 Å². The molecule has 4 rings (SSSR count). The zero-order chi connectivity index (χ0) is 19.5. The van der Waals surface area contributed by atoms with Gasteiger partial charge in [-0.2, -0.15) is 0 Å². The molecule has 0 amide bonds. The van der Waals surface area contributed by atoms with Crippen LogP contribution >= 0.6 is 23.5 Å². The number of hydrogen-bond donors (Lipinski definition) is 1. The van der Waals surface area contributed by atoms with Gasteiger partial charge in [-0.25, -0.2) is 4.98 Å². The summed E-state index contributed by atoms with van der Waals surface area (Å²) in [4.78, 5) is 12.8. The number of aryl methyl sites for hydroxylation is 1. The van der Waals surface area contributed by atoms with Crippen LogP contribution in [0.15, 0.2) is 80.2 Å². The molecule has 142 valence electrons. The van der Waals surface area contributed by atoms with Crippen LogP contribution in [0.25, 0.3) is 11.0 Å². The fourth-order valence-electron chi connectivity index (χ4n) is 2.87. The third kappa shape index (κ3) is 3.98. The second-order valence-corrected chi connectivity index (χ2v) is 8.39. The lowest BCUT2D eigenvalue weighted by molar-refractivity contribution is 0.414. The van der Waals surface area contributed by atoms with Gasteiger partial charge in [0.15, 0.2) is 0 Å². The molecule has 1 aromatic heterocycles. The molecule has 0 radical (unpaired) electrons. The number of nitrogens with zero attached hydrogens (tertiary/aromatic N) is 1. The Kier molecular flexibility index (Phi) is 5.50. The second kappa shape index (κ2) is 8.20. The molecule has 0 spiro atoms. The van der Waals surface area contributed by atoms with Gasteiger partial charge < -0.3 is 14.5 Å². The quantitative estimate of drug-likeness (QED) is 0.412. The van der Waals surface area contributed by atoms with E-state index in [1.165, 1.54) is 0 Å². The Balaban J connectivity index is 1.65. The molecule has 28 heavy (non-hydrogen) atoms. The lowest BCUT2D eigenvalue weighted by atomic mass is 10.3. The molecule has 6 heteroatoms. The van der Waals surface area contributed by atoms with Crippen molar-refractivity contribution >= 4 is 34.6 Å². The first-order valence-electron chi connectivity index (χ1n) is 8.79. The van der Waals surface area contributed by atoms with Crippen LogP contribution in [0, 0.1) is 6.92 Å². The van der Waals surface area contributed by atoms with Gasteiger partial charge in [-0.3, -0.25) is 0 Å². The van der Waals surface area contributed by atoms with Crippen molar-refractivity contribution in [2.75, 3.05) is 14.2 Å². The van der Waals surface area contributed by atoms with E-state index in [9.17, 15) is 0 Å². The van der Waals surface area contributed by atoms with E-state index in [1.807, 2.05) is 31.2 Å². The summed E-state index contributed by atoms with van der Waals surface area (Å²) in [7, 11) is 3.36. The van der Waals surface area contributed by atoms with Crippen LogP contribution in [-0.2, 0) is 0 Å². The summed E-state index contributed by atoms with van der Waals surface area (Å²) in [5.74, 6) is 2.63. The molecule has 3 aromatic carbocycles. The zero-order valence-corrected chi connectivity index (χ0v) is 17.5. The van der Waals surface area contributed by atoms with Crippen molar-refractivity contribution < 1.29 is 9.47 Å². The first-order chi connectivity index (χ1) is 13.7. The number of fused-ring (bicyclic) bond motifs is 1. The Morgan fingerprint density at radius 3 is 1.75 bits per heavy atom. The summed E-state index contributed by atoms with van der Waals surface area (Å²) in [5, 5.41) is 0. The van der Waals surface area contributed by atoms with Gasteiger partial charge in [0.05, 0.1) is 19.7 Å². The van der Waals surface area contributed by atoms with Crippen molar-refractivity contribution in [1.29, 1.82) is 0 Å². The number of benzene rings is 3. The highest BCUT2D eigenvalue weighted by Gasteiger charge is 2.13. The van der Waals surface area contributed by atoms with E-state index >= 15 is 0 Å². The molecule has 1 N–H and O–H groups in total. The van der Waals surface area contributed by atoms with Gasteiger partial charge in [0.25, 0.3) is 0 Å². The van der Waals surface area contributed by atoms with Crippen LogP contribution in [-0.4, -0.2) is 24.2 Å². The van der Waals surface area contributed by atoms with Crippen molar-refractivity contribution in [3.63, 3.8) is 0 Å². The van der Waals surface area contributed by atoms with Crippen LogP contribution in [0.5, 0.6) is 11.5 Å². The lowest BCUT2D eigenvalue weighted by Crippen LogP contribution is -1.84. The summed E-state index contributed by atoms with van der Waals surface area (Å²) >= 11 is 3.42. The minimum Gasteiger partial charge on any atom is -0.497 e. The summed E-state index contributed by atoms with van der Waals surface area (Å²) in [6, 6.07) is 20.5. The van der Waals surface area contributed by atoms with Crippen LogP contribution in [0.3, 0.4) is 0 Å². The molecule has 1 heterocycles. The Labute approximate surface area is 172 Å². The lowest BCUT2D eigenvalue weighted by Gasteiger charge is -2.08. The fraction of sp³-hybridized carbons (Fsp3) is 0.136. The maximum atomic E-state index is 5.24. The number of aromatic amines is 1. The molecule has 4 aromatic rings. The van der Waals surface area contributed by atoms with E-state index in [-0.39, 0.29) is 0 Å². The first-order valence-corrected chi connectivity index (χ1v) is 10.4. The summed E-state index contributed by atoms with van der Waals surface area (Å²) in [6.45, 7) is 1.99. The smallest absolute Gasteiger partial charge is 0.118 e. The second-order valence-electron chi connectivity index (χ2n) is 6.16. The SMILES string of the molecule is COc1ccc(Sc2ccc(Sc3ccc(OC)cc3)c3[nH]c(C)nc23)cc1. The third-order valence-corrected chi connectivity index (χ3v) is 6.39. The Morgan fingerprint density at radius 2 is 1.21 bits per heavy atom. The average Bonchev–Trinajstić information content (AvgIpc) is 3.13. The van der Waals surface area contributed by atoms with Gasteiger partial charge in [-0.15, -0.1) is 0 Å². The van der Waals surface area contributed by atoms with Gasteiger partial charge in [0.1, 0.15) is 22.8 Å². The molecule has 0 aliphatic heterocycles. The van der Waals surface area contributed by atoms with E-state index in [0.717, 1.165) is 47.9 Å². The number of ether oxygens (including phenoxy) is 2.